The lowest BCUT2D eigenvalue weighted by atomic mass is 10.2. The van der Waals surface area contributed by atoms with Crippen molar-refractivity contribution in [3.63, 3.8) is 0 Å². The Morgan fingerprint density at radius 1 is 1.00 bits per heavy atom. The summed E-state index contributed by atoms with van der Waals surface area (Å²) in [6, 6.07) is 15.1. The summed E-state index contributed by atoms with van der Waals surface area (Å²) in [6.07, 6.45) is 0.405. The fourth-order valence-corrected chi connectivity index (χ4v) is 2.11. The Hall–Kier alpha value is -2.49. The predicted octanol–water partition coefficient (Wildman–Crippen LogP) is 4.05. The van der Waals surface area contributed by atoms with E-state index in [1.807, 2.05) is 55.5 Å². The van der Waals surface area contributed by atoms with Crippen LogP contribution in [0.25, 0.3) is 0 Å². The van der Waals surface area contributed by atoms with Crippen LogP contribution in [0.3, 0.4) is 0 Å². The van der Waals surface area contributed by atoms with Crippen molar-refractivity contribution in [3.8, 4) is 11.5 Å². The lowest BCUT2D eigenvalue weighted by molar-refractivity contribution is -0.122. The normalized spacial score (nSPS) is 11.6. The van der Waals surface area contributed by atoms with E-state index in [0.29, 0.717) is 12.4 Å². The van der Waals surface area contributed by atoms with Crippen LogP contribution in [-0.2, 0) is 11.2 Å². The van der Waals surface area contributed by atoms with Gasteiger partial charge in [-0.1, -0.05) is 19.1 Å². The molecule has 2 aromatic rings. The summed E-state index contributed by atoms with van der Waals surface area (Å²) in [4.78, 5) is 12.2. The van der Waals surface area contributed by atoms with Gasteiger partial charge in [-0.25, -0.2) is 0 Å². The molecule has 0 aliphatic heterocycles. The number of rotatable bonds is 7. The van der Waals surface area contributed by atoms with Crippen LogP contribution in [-0.4, -0.2) is 18.6 Å². The van der Waals surface area contributed by atoms with E-state index in [4.69, 9.17) is 9.47 Å². The molecule has 0 aliphatic carbocycles. The van der Waals surface area contributed by atoms with Gasteiger partial charge in [0, 0.05) is 5.69 Å². The molecule has 122 valence electrons. The number of hydrogen-bond donors (Lipinski definition) is 1. The number of aryl methyl sites for hydroxylation is 1. The molecule has 1 N–H and O–H groups in total. The standard InChI is InChI=1S/C19H23NO3/c1-4-15-6-10-18(11-7-15)23-14(3)19(21)20-16-8-12-17(13-9-16)22-5-2/h6-14H,4-5H2,1-3H3,(H,20,21)/t14-/m1/s1. The highest BCUT2D eigenvalue weighted by Crippen LogP contribution is 2.17. The molecular weight excluding hydrogens is 290 g/mol. The van der Waals surface area contributed by atoms with Gasteiger partial charge < -0.3 is 14.8 Å². The van der Waals surface area contributed by atoms with E-state index in [9.17, 15) is 4.79 Å². The molecule has 2 aromatic carbocycles. The molecule has 23 heavy (non-hydrogen) atoms. The average molecular weight is 313 g/mol. The molecule has 0 radical (unpaired) electrons. The Morgan fingerprint density at radius 3 is 2.17 bits per heavy atom. The molecule has 0 aliphatic rings. The van der Waals surface area contributed by atoms with Crippen molar-refractivity contribution in [3.05, 3.63) is 54.1 Å². The summed E-state index contributed by atoms with van der Waals surface area (Å²) in [6.45, 7) is 6.38. The van der Waals surface area contributed by atoms with E-state index in [1.54, 1.807) is 6.92 Å². The van der Waals surface area contributed by atoms with Gasteiger partial charge in [-0.05, 0) is 62.2 Å². The van der Waals surface area contributed by atoms with Crippen molar-refractivity contribution in [2.45, 2.75) is 33.3 Å². The first-order chi connectivity index (χ1) is 11.1. The Balaban J connectivity index is 1.90. The first-order valence-corrected chi connectivity index (χ1v) is 7.91. The second kappa shape index (κ2) is 8.22. The molecule has 0 saturated heterocycles. The van der Waals surface area contributed by atoms with Crippen molar-refractivity contribution >= 4 is 11.6 Å². The Labute approximate surface area is 137 Å². The summed E-state index contributed by atoms with van der Waals surface area (Å²) < 4.78 is 11.0. The maximum absolute atomic E-state index is 12.2. The van der Waals surface area contributed by atoms with E-state index in [-0.39, 0.29) is 5.91 Å². The van der Waals surface area contributed by atoms with Gasteiger partial charge in [-0.3, -0.25) is 4.79 Å². The molecule has 0 aromatic heterocycles. The zero-order chi connectivity index (χ0) is 16.7. The first kappa shape index (κ1) is 16.9. The molecule has 4 heteroatoms. The molecule has 0 bridgehead atoms. The van der Waals surface area contributed by atoms with Gasteiger partial charge in [-0.2, -0.15) is 0 Å². The van der Waals surface area contributed by atoms with Crippen LogP contribution in [0.15, 0.2) is 48.5 Å². The zero-order valence-corrected chi connectivity index (χ0v) is 13.8. The summed E-state index contributed by atoms with van der Waals surface area (Å²) in [5.41, 5.74) is 1.96. The molecule has 2 rings (SSSR count). The van der Waals surface area contributed by atoms with Crippen LogP contribution in [0.4, 0.5) is 5.69 Å². The van der Waals surface area contributed by atoms with Gasteiger partial charge in [0.25, 0.3) is 5.91 Å². The maximum Gasteiger partial charge on any atom is 0.265 e. The average Bonchev–Trinajstić information content (AvgIpc) is 2.57. The summed E-state index contributed by atoms with van der Waals surface area (Å²) in [5, 5.41) is 2.83. The van der Waals surface area contributed by atoms with Gasteiger partial charge in [0.05, 0.1) is 6.61 Å². The molecule has 0 fully saturated rings. The first-order valence-electron chi connectivity index (χ1n) is 7.91. The lowest BCUT2D eigenvalue weighted by Crippen LogP contribution is -2.30. The lowest BCUT2D eigenvalue weighted by Gasteiger charge is -2.15. The Morgan fingerprint density at radius 2 is 1.61 bits per heavy atom. The number of benzene rings is 2. The topological polar surface area (TPSA) is 47.6 Å². The van der Waals surface area contributed by atoms with E-state index < -0.39 is 6.10 Å². The maximum atomic E-state index is 12.2. The fourth-order valence-electron chi connectivity index (χ4n) is 2.11. The second-order valence-corrected chi connectivity index (χ2v) is 5.20. The third kappa shape index (κ3) is 5.02. The zero-order valence-electron chi connectivity index (χ0n) is 13.8. The molecule has 1 atom stereocenters. The number of anilines is 1. The van der Waals surface area contributed by atoms with Crippen molar-refractivity contribution in [2.75, 3.05) is 11.9 Å². The highest BCUT2D eigenvalue weighted by atomic mass is 16.5. The van der Waals surface area contributed by atoms with E-state index in [2.05, 4.69) is 12.2 Å². The third-order valence-corrected chi connectivity index (χ3v) is 3.45. The largest absolute Gasteiger partial charge is 0.494 e. The minimum absolute atomic E-state index is 0.186. The van der Waals surface area contributed by atoms with E-state index in [1.165, 1.54) is 5.56 Å². The second-order valence-electron chi connectivity index (χ2n) is 5.20. The van der Waals surface area contributed by atoms with Crippen LogP contribution in [0, 0.1) is 0 Å². The van der Waals surface area contributed by atoms with Crippen molar-refractivity contribution in [1.29, 1.82) is 0 Å². The van der Waals surface area contributed by atoms with Gasteiger partial charge in [0.1, 0.15) is 11.5 Å². The third-order valence-electron chi connectivity index (χ3n) is 3.45. The van der Waals surface area contributed by atoms with Crippen LogP contribution in [0.2, 0.25) is 0 Å². The van der Waals surface area contributed by atoms with Crippen molar-refractivity contribution < 1.29 is 14.3 Å². The van der Waals surface area contributed by atoms with Crippen molar-refractivity contribution in [2.24, 2.45) is 0 Å². The van der Waals surface area contributed by atoms with Gasteiger partial charge in [0.15, 0.2) is 6.10 Å². The number of amides is 1. The summed E-state index contributed by atoms with van der Waals surface area (Å²) in [5.74, 6) is 1.29. The molecule has 0 unspecified atom stereocenters. The van der Waals surface area contributed by atoms with E-state index in [0.717, 1.165) is 17.9 Å². The number of carbonyl (C=O) groups excluding carboxylic acids is 1. The Bertz CT molecular complexity index is 620. The molecule has 1 amide bonds. The number of ether oxygens (including phenoxy) is 2. The smallest absolute Gasteiger partial charge is 0.265 e. The van der Waals surface area contributed by atoms with Crippen LogP contribution >= 0.6 is 0 Å². The van der Waals surface area contributed by atoms with Crippen LogP contribution < -0.4 is 14.8 Å². The molecule has 0 spiro atoms. The minimum atomic E-state index is -0.575. The van der Waals surface area contributed by atoms with Gasteiger partial charge >= 0.3 is 0 Å². The van der Waals surface area contributed by atoms with Crippen LogP contribution in [0.1, 0.15) is 26.3 Å². The molecule has 0 heterocycles. The van der Waals surface area contributed by atoms with E-state index >= 15 is 0 Å². The van der Waals surface area contributed by atoms with Crippen molar-refractivity contribution in [1.82, 2.24) is 0 Å². The summed E-state index contributed by atoms with van der Waals surface area (Å²) in [7, 11) is 0. The quantitative estimate of drug-likeness (QED) is 0.838. The highest BCUT2D eigenvalue weighted by Gasteiger charge is 2.14. The molecular formula is C19H23NO3. The SMILES string of the molecule is CCOc1ccc(NC(=O)[C@@H](C)Oc2ccc(CC)cc2)cc1. The number of nitrogens with one attached hydrogen (secondary N) is 1. The highest BCUT2D eigenvalue weighted by molar-refractivity contribution is 5.94. The summed E-state index contributed by atoms with van der Waals surface area (Å²) >= 11 is 0. The van der Waals surface area contributed by atoms with Gasteiger partial charge in [-0.15, -0.1) is 0 Å². The predicted molar refractivity (Wildman–Crippen MR) is 92.2 cm³/mol. The number of carbonyl (C=O) groups is 1. The molecule has 0 saturated carbocycles. The van der Waals surface area contributed by atoms with Crippen LogP contribution in [0.5, 0.6) is 11.5 Å². The molecule has 4 nitrogen and oxygen atoms in total. The monoisotopic (exact) mass is 313 g/mol. The number of hydrogen-bond acceptors (Lipinski definition) is 3. The Kier molecular flexibility index (Phi) is 6.03. The minimum Gasteiger partial charge on any atom is -0.494 e. The van der Waals surface area contributed by atoms with Gasteiger partial charge in [0.2, 0.25) is 0 Å². The fraction of sp³-hybridized carbons (Fsp3) is 0.316.